The van der Waals surface area contributed by atoms with Crippen LogP contribution in [0, 0.1) is 5.92 Å². The van der Waals surface area contributed by atoms with Gasteiger partial charge in [0.2, 0.25) is 11.9 Å². The summed E-state index contributed by atoms with van der Waals surface area (Å²) in [7, 11) is 0. The third-order valence-electron chi connectivity index (χ3n) is 12.8. The highest BCUT2D eigenvalue weighted by atomic mass is 32.1. The van der Waals surface area contributed by atoms with Crippen LogP contribution in [0.5, 0.6) is 11.5 Å². The molecule has 4 aliphatic heterocycles. The van der Waals surface area contributed by atoms with E-state index in [-0.39, 0.29) is 59.3 Å². The monoisotopic (exact) mass is 862 g/mol. The number of piperazine rings is 1. The summed E-state index contributed by atoms with van der Waals surface area (Å²) in [6.07, 6.45) is 4.85. The van der Waals surface area contributed by atoms with E-state index in [1.165, 1.54) is 11.6 Å². The average Bonchev–Trinajstić information content (AvgIpc) is 3.90. The van der Waals surface area contributed by atoms with Crippen LogP contribution >= 0.6 is 11.3 Å². The van der Waals surface area contributed by atoms with E-state index in [1.807, 2.05) is 18.7 Å². The fraction of sp³-hybridized carbons (Fsp3) is 0.467. The van der Waals surface area contributed by atoms with E-state index in [9.17, 15) is 24.9 Å². The van der Waals surface area contributed by atoms with Gasteiger partial charge in [0.25, 0.3) is 5.91 Å². The maximum atomic E-state index is 13.9. The first-order valence-corrected chi connectivity index (χ1v) is 22.4. The van der Waals surface area contributed by atoms with Crippen molar-refractivity contribution in [3.63, 3.8) is 0 Å². The fourth-order valence-electron chi connectivity index (χ4n) is 9.23. The minimum Gasteiger partial charge on any atom is -0.508 e. The van der Waals surface area contributed by atoms with Gasteiger partial charge < -0.3 is 40.5 Å². The molecule has 4 aliphatic rings. The number of ether oxygens (including phenoxy) is 1. The van der Waals surface area contributed by atoms with Gasteiger partial charge in [0, 0.05) is 88.2 Å². The van der Waals surface area contributed by atoms with Gasteiger partial charge in [-0.3, -0.25) is 19.4 Å². The number of carbonyl (C=O) groups excluding carboxylic acids is 2. The number of nitrogens with two attached hydrogens (primary N) is 1. The number of phenolic OH excluding ortho intramolecular Hbond substituents is 2. The standard InChI is InChI=1S/C45H54N10O6S/c1-27(2)35-17-36(39(58)18-38(35)57)44(60)55-22-30-4-3-28(15-31(30)23-55)21-51-7-5-29(6-8-51)43(59)54-10-9-53(33(24-54)26-56)25-34-16-37-40(62-34)42(52-11-13-61-14-12-52)50-41(49-37)32-19-47-45(46)48-20-32/h3-4,15-20,27,29,33,56-58H,5-14,21-26H2,1-2H3,(H2,46,47,48)/t33-/m0/s1. The zero-order valence-corrected chi connectivity index (χ0v) is 36.1. The Morgan fingerprint density at radius 1 is 0.887 bits per heavy atom. The number of aliphatic hydroxyl groups is 1. The number of rotatable bonds is 10. The van der Waals surface area contributed by atoms with Crippen LogP contribution in [0.4, 0.5) is 11.8 Å². The normalized spacial score (nSPS) is 19.2. The van der Waals surface area contributed by atoms with Gasteiger partial charge in [-0.1, -0.05) is 32.0 Å². The number of likely N-dealkylation sites (tertiary alicyclic amines) is 1. The smallest absolute Gasteiger partial charge is 0.258 e. The highest BCUT2D eigenvalue weighted by Crippen LogP contribution is 2.37. The van der Waals surface area contributed by atoms with Crippen LogP contribution < -0.4 is 10.6 Å². The Balaban J connectivity index is 0.791. The molecule has 7 heterocycles. The topological polar surface area (TPSA) is 198 Å². The number of aliphatic hydroxyl groups excluding tert-OH is 1. The number of aromatic hydroxyl groups is 2. The number of carbonyl (C=O) groups is 2. The average molecular weight is 863 g/mol. The number of hydrogen-bond donors (Lipinski definition) is 4. The van der Waals surface area contributed by atoms with Gasteiger partial charge >= 0.3 is 0 Å². The summed E-state index contributed by atoms with van der Waals surface area (Å²) < 4.78 is 6.63. The third-order valence-corrected chi connectivity index (χ3v) is 13.9. The second kappa shape index (κ2) is 17.7. The summed E-state index contributed by atoms with van der Waals surface area (Å²) >= 11 is 1.67. The molecular weight excluding hydrogens is 809 g/mol. The van der Waals surface area contributed by atoms with Crippen LogP contribution in [0.1, 0.15) is 70.1 Å². The largest absolute Gasteiger partial charge is 0.508 e. The molecule has 16 nitrogen and oxygen atoms in total. The number of nitrogens with zero attached hydrogens (tertiary/aromatic N) is 9. The Kier molecular flexibility index (Phi) is 12.0. The molecule has 5 aromatic rings. The molecule has 9 rings (SSSR count). The minimum atomic E-state index is -0.258. The first-order chi connectivity index (χ1) is 30.0. The summed E-state index contributed by atoms with van der Waals surface area (Å²) in [5, 5.41) is 31.4. The van der Waals surface area contributed by atoms with Gasteiger partial charge in [-0.05, 0) is 66.2 Å². The van der Waals surface area contributed by atoms with Gasteiger partial charge in [-0.15, -0.1) is 11.3 Å². The molecule has 3 aromatic heterocycles. The number of anilines is 2. The SMILES string of the molecule is CC(C)c1cc(C(=O)N2Cc3ccc(CN4CCC(C(=O)N5CCN(Cc6cc7nc(-c8cnc(N)nc8)nc(N8CCOCC8)c7s6)[C@H](CO)C5)CC4)cc3C2)c(O)cc1O. The van der Waals surface area contributed by atoms with Crippen molar-refractivity contribution in [2.45, 2.75) is 64.8 Å². The number of nitrogen functional groups attached to an aromatic ring is 1. The summed E-state index contributed by atoms with van der Waals surface area (Å²) in [6, 6.07) is 11.2. The predicted octanol–water partition coefficient (Wildman–Crippen LogP) is 4.18. The Hall–Kier alpha value is -5.46. The molecular formula is C45H54N10O6S. The number of fused-ring (bicyclic) bond motifs is 2. The lowest BCUT2D eigenvalue weighted by Gasteiger charge is -2.42. The Labute approximate surface area is 364 Å². The lowest BCUT2D eigenvalue weighted by molar-refractivity contribution is -0.140. The van der Waals surface area contributed by atoms with Crippen molar-refractivity contribution in [2.24, 2.45) is 5.92 Å². The summed E-state index contributed by atoms with van der Waals surface area (Å²) in [6.45, 7) is 12.2. The van der Waals surface area contributed by atoms with Crippen molar-refractivity contribution in [3.8, 4) is 22.9 Å². The maximum absolute atomic E-state index is 13.9. The highest BCUT2D eigenvalue weighted by molar-refractivity contribution is 7.19. The molecule has 0 radical (unpaired) electrons. The van der Waals surface area contributed by atoms with Crippen LogP contribution in [-0.4, -0.2) is 138 Å². The number of morpholine rings is 1. The van der Waals surface area contributed by atoms with Crippen molar-refractivity contribution in [1.82, 2.24) is 39.5 Å². The quantitative estimate of drug-likeness (QED) is 0.156. The van der Waals surface area contributed by atoms with Crippen molar-refractivity contribution in [2.75, 3.05) is 76.3 Å². The molecule has 0 saturated carbocycles. The van der Waals surface area contributed by atoms with Crippen molar-refractivity contribution in [3.05, 3.63) is 81.5 Å². The zero-order chi connectivity index (χ0) is 43.1. The van der Waals surface area contributed by atoms with Crippen LogP contribution in [0.2, 0.25) is 0 Å². The summed E-state index contributed by atoms with van der Waals surface area (Å²) in [5.74, 6) is 1.24. The molecule has 17 heteroatoms. The minimum absolute atomic E-state index is 0.00413. The molecule has 1 atom stereocenters. The second-order valence-corrected chi connectivity index (χ2v) is 18.4. The molecule has 62 heavy (non-hydrogen) atoms. The van der Waals surface area contributed by atoms with Gasteiger partial charge in [-0.25, -0.2) is 19.9 Å². The zero-order valence-electron chi connectivity index (χ0n) is 35.2. The molecule has 3 saturated heterocycles. The number of piperidine rings is 1. The first-order valence-electron chi connectivity index (χ1n) is 21.5. The van der Waals surface area contributed by atoms with Crippen molar-refractivity contribution in [1.29, 1.82) is 0 Å². The third kappa shape index (κ3) is 8.64. The van der Waals surface area contributed by atoms with E-state index < -0.39 is 0 Å². The molecule has 0 bridgehead atoms. The number of hydrogen-bond acceptors (Lipinski definition) is 15. The first kappa shape index (κ1) is 41.9. The van der Waals surface area contributed by atoms with E-state index in [0.717, 1.165) is 77.6 Å². The molecule has 2 aromatic carbocycles. The second-order valence-electron chi connectivity index (χ2n) is 17.2. The molecule has 5 N–H and O–H groups in total. The van der Waals surface area contributed by atoms with Gasteiger partial charge in [-0.2, -0.15) is 0 Å². The molecule has 0 unspecified atom stereocenters. The van der Waals surface area contributed by atoms with Gasteiger partial charge in [0.1, 0.15) is 11.5 Å². The molecule has 3 fully saturated rings. The van der Waals surface area contributed by atoms with Gasteiger partial charge in [0.05, 0.1) is 47.2 Å². The van der Waals surface area contributed by atoms with Crippen LogP contribution in [0.25, 0.3) is 21.6 Å². The van der Waals surface area contributed by atoms with E-state index in [0.29, 0.717) is 69.4 Å². The Bertz CT molecular complexity index is 2450. The lowest BCUT2D eigenvalue weighted by atomic mass is 9.94. The number of amides is 2. The van der Waals surface area contributed by atoms with Crippen LogP contribution in [-0.2, 0) is 35.7 Å². The summed E-state index contributed by atoms with van der Waals surface area (Å²) in [5.41, 5.74) is 11.5. The summed E-state index contributed by atoms with van der Waals surface area (Å²) in [4.78, 5) is 57.3. The number of benzene rings is 2. The predicted molar refractivity (Wildman–Crippen MR) is 236 cm³/mol. The van der Waals surface area contributed by atoms with E-state index in [2.05, 4.69) is 48.9 Å². The Morgan fingerprint density at radius 3 is 2.39 bits per heavy atom. The van der Waals surface area contributed by atoms with E-state index in [4.69, 9.17) is 20.4 Å². The Morgan fingerprint density at radius 2 is 1.65 bits per heavy atom. The molecule has 326 valence electrons. The van der Waals surface area contributed by atoms with Gasteiger partial charge in [0.15, 0.2) is 11.6 Å². The van der Waals surface area contributed by atoms with Crippen molar-refractivity contribution < 1.29 is 29.6 Å². The van der Waals surface area contributed by atoms with Crippen LogP contribution in [0.15, 0.2) is 48.8 Å². The molecule has 0 aliphatic carbocycles. The number of thiophene rings is 1. The number of aromatic nitrogens is 4. The van der Waals surface area contributed by atoms with Crippen molar-refractivity contribution >= 4 is 45.1 Å². The van der Waals surface area contributed by atoms with E-state index in [1.54, 1.807) is 34.7 Å². The molecule has 2 amide bonds. The highest BCUT2D eigenvalue weighted by Gasteiger charge is 2.35. The van der Waals surface area contributed by atoms with Crippen LogP contribution in [0.3, 0.4) is 0 Å². The lowest BCUT2D eigenvalue weighted by Crippen LogP contribution is -2.57. The maximum Gasteiger partial charge on any atom is 0.258 e. The van der Waals surface area contributed by atoms with E-state index >= 15 is 0 Å². The number of phenols is 2. The fourth-order valence-corrected chi connectivity index (χ4v) is 10.4. The molecule has 0 spiro atoms.